The van der Waals surface area contributed by atoms with E-state index in [-0.39, 0.29) is 34.2 Å². The predicted octanol–water partition coefficient (Wildman–Crippen LogP) is 3.67. The van der Waals surface area contributed by atoms with Crippen molar-refractivity contribution in [2.45, 2.75) is 13.5 Å². The third-order valence-corrected chi connectivity index (χ3v) is 5.32. The molecule has 0 aromatic heterocycles. The van der Waals surface area contributed by atoms with E-state index in [1.165, 1.54) is 49.6 Å². The van der Waals surface area contributed by atoms with Gasteiger partial charge < -0.3 is 9.47 Å². The second-order valence-corrected chi connectivity index (χ2v) is 7.57. The third-order valence-electron chi connectivity index (χ3n) is 4.41. The van der Waals surface area contributed by atoms with Gasteiger partial charge in [0.1, 0.15) is 0 Å². The van der Waals surface area contributed by atoms with Crippen molar-refractivity contribution in [2.24, 2.45) is 0 Å². The monoisotopic (exact) mass is 473 g/mol. The number of hydrogen-bond donors (Lipinski definition) is 0. The second-order valence-electron chi connectivity index (χ2n) is 6.58. The van der Waals surface area contributed by atoms with E-state index in [9.17, 15) is 34.6 Å². The summed E-state index contributed by atoms with van der Waals surface area (Å²) in [7, 11) is 1.18. The van der Waals surface area contributed by atoms with Gasteiger partial charge in [-0.15, -0.1) is 0 Å². The summed E-state index contributed by atoms with van der Waals surface area (Å²) in [5, 5.41) is 21.7. The Bertz CT molecular complexity index is 1210. The summed E-state index contributed by atoms with van der Waals surface area (Å²) in [6.45, 7) is 0.980. The van der Waals surface area contributed by atoms with Gasteiger partial charge in [-0.3, -0.25) is 39.5 Å². The Kier molecular flexibility index (Phi) is 6.72. The summed E-state index contributed by atoms with van der Waals surface area (Å²) in [5.41, 5.74) is -0.103. The number of carbonyl (C=O) groups is 3. The van der Waals surface area contributed by atoms with Crippen molar-refractivity contribution in [2.75, 3.05) is 7.11 Å². The maximum absolute atomic E-state index is 12.8. The zero-order valence-electron chi connectivity index (χ0n) is 17.2. The Balaban J connectivity index is 1.92. The highest BCUT2D eigenvalue weighted by Crippen LogP contribution is 2.42. The number of ether oxygens (including phenoxy) is 2. The summed E-state index contributed by atoms with van der Waals surface area (Å²) in [6.07, 6.45) is 1.27. The van der Waals surface area contributed by atoms with Gasteiger partial charge in [-0.25, -0.2) is 0 Å². The molecule has 2 amide bonds. The van der Waals surface area contributed by atoms with Gasteiger partial charge in [-0.1, -0.05) is 12.1 Å². The van der Waals surface area contributed by atoms with Gasteiger partial charge in [0.05, 0.1) is 28.4 Å². The van der Waals surface area contributed by atoms with Gasteiger partial charge in [0.25, 0.3) is 16.8 Å². The molecule has 33 heavy (non-hydrogen) atoms. The highest BCUT2D eigenvalue weighted by atomic mass is 32.2. The first-order chi connectivity index (χ1) is 15.6. The number of hydrogen-bond acceptors (Lipinski definition) is 10. The topological polar surface area (TPSA) is 159 Å². The number of thioether (sulfide) groups is 1. The smallest absolute Gasteiger partial charge is 0.353 e. The molecule has 2 aromatic rings. The number of benzene rings is 2. The fourth-order valence-corrected chi connectivity index (χ4v) is 3.82. The van der Waals surface area contributed by atoms with Gasteiger partial charge in [-0.05, 0) is 35.5 Å². The Morgan fingerprint density at radius 1 is 1.09 bits per heavy atom. The van der Waals surface area contributed by atoms with Gasteiger partial charge in [0, 0.05) is 24.6 Å². The fraction of sp³-hybridized carbons (Fsp3) is 0.150. The van der Waals surface area contributed by atoms with Crippen LogP contribution in [0.25, 0.3) is 6.08 Å². The molecule has 1 aliphatic heterocycles. The molecular weight excluding hydrogens is 458 g/mol. The van der Waals surface area contributed by atoms with Crippen LogP contribution < -0.4 is 9.47 Å². The minimum atomic E-state index is -0.783. The number of nitro groups is 2. The minimum absolute atomic E-state index is 0.00486. The lowest BCUT2D eigenvalue weighted by Crippen LogP contribution is -2.27. The van der Waals surface area contributed by atoms with Crippen molar-refractivity contribution in [3.05, 3.63) is 72.7 Å². The Hall–Kier alpha value is -4.26. The van der Waals surface area contributed by atoms with Gasteiger partial charge in [0.15, 0.2) is 0 Å². The first-order valence-electron chi connectivity index (χ1n) is 9.15. The number of carbonyl (C=O) groups excluding carboxylic acids is 3. The number of rotatable bonds is 7. The van der Waals surface area contributed by atoms with E-state index in [4.69, 9.17) is 9.47 Å². The number of imide groups is 1. The van der Waals surface area contributed by atoms with E-state index in [0.717, 1.165) is 11.8 Å². The Labute approximate surface area is 190 Å². The molecule has 1 aliphatic rings. The molecule has 1 fully saturated rings. The van der Waals surface area contributed by atoms with Crippen LogP contribution in [0.15, 0.2) is 41.3 Å². The minimum Gasteiger partial charge on any atom is -0.490 e. The maximum atomic E-state index is 12.8. The molecular formula is C20H15N3O9S. The van der Waals surface area contributed by atoms with Crippen LogP contribution in [0, 0.1) is 20.2 Å². The number of methoxy groups -OCH3 is 1. The van der Waals surface area contributed by atoms with Gasteiger partial charge >= 0.3 is 11.7 Å². The summed E-state index contributed by atoms with van der Waals surface area (Å²) < 4.78 is 9.99. The number of non-ortho nitro benzene ring substituents is 1. The molecule has 0 saturated carbocycles. The van der Waals surface area contributed by atoms with E-state index in [2.05, 4.69) is 0 Å². The molecule has 3 rings (SSSR count). The second kappa shape index (κ2) is 9.48. The quantitative estimate of drug-likeness (QED) is 0.191. The van der Waals surface area contributed by atoms with E-state index in [0.29, 0.717) is 17.3 Å². The van der Waals surface area contributed by atoms with Crippen LogP contribution in [0.5, 0.6) is 11.5 Å². The molecule has 170 valence electrons. The maximum Gasteiger partial charge on any atom is 0.353 e. The number of esters is 1. The SMILES string of the molecule is COc1c(/C=C2\SC(=O)N(Cc3ccc([N+](=O)[O-])cc3)C2=O)ccc(OC(C)=O)c1[N+](=O)[O-]. The third kappa shape index (κ3) is 4.98. The summed E-state index contributed by atoms with van der Waals surface area (Å²) in [6, 6.07) is 7.94. The molecule has 0 N–H and O–H groups in total. The normalized spacial score (nSPS) is 14.5. The molecule has 13 heteroatoms. The van der Waals surface area contributed by atoms with Crippen molar-refractivity contribution in [1.82, 2.24) is 4.90 Å². The van der Waals surface area contributed by atoms with Crippen molar-refractivity contribution in [3.8, 4) is 11.5 Å². The van der Waals surface area contributed by atoms with E-state index in [1.807, 2.05) is 0 Å². The summed E-state index contributed by atoms with van der Waals surface area (Å²) in [4.78, 5) is 58.3. The van der Waals surface area contributed by atoms with Crippen LogP contribution in [0.4, 0.5) is 16.2 Å². The van der Waals surface area contributed by atoms with Gasteiger partial charge in [-0.2, -0.15) is 0 Å². The van der Waals surface area contributed by atoms with Gasteiger partial charge in [0.2, 0.25) is 11.5 Å². The molecule has 1 heterocycles. The zero-order chi connectivity index (χ0) is 24.3. The van der Waals surface area contributed by atoms with Crippen LogP contribution in [0.2, 0.25) is 0 Å². The molecule has 0 atom stereocenters. The van der Waals surface area contributed by atoms with Crippen molar-refractivity contribution in [1.29, 1.82) is 0 Å². The Morgan fingerprint density at radius 2 is 1.76 bits per heavy atom. The summed E-state index contributed by atoms with van der Waals surface area (Å²) >= 11 is 0.632. The Morgan fingerprint density at radius 3 is 2.30 bits per heavy atom. The van der Waals surface area contributed by atoms with Crippen LogP contribution in [0.3, 0.4) is 0 Å². The van der Waals surface area contributed by atoms with E-state index in [1.54, 1.807) is 0 Å². The standard InChI is InChI=1S/C20H15N3O9S/c1-11(24)32-15-8-5-13(18(31-2)17(15)23(29)30)9-16-19(25)21(20(26)33-16)10-12-3-6-14(7-4-12)22(27)28/h3-9H,10H2,1-2H3/b16-9-. The van der Waals surface area contributed by atoms with E-state index < -0.39 is 32.6 Å². The largest absolute Gasteiger partial charge is 0.490 e. The molecule has 1 saturated heterocycles. The van der Waals surface area contributed by atoms with Crippen LogP contribution in [-0.4, -0.2) is 39.0 Å². The lowest BCUT2D eigenvalue weighted by molar-refractivity contribution is -0.386. The molecule has 0 aliphatic carbocycles. The number of amides is 2. The molecule has 0 radical (unpaired) electrons. The highest BCUT2D eigenvalue weighted by Gasteiger charge is 2.36. The zero-order valence-corrected chi connectivity index (χ0v) is 18.0. The molecule has 0 spiro atoms. The number of nitro benzene ring substituents is 2. The highest BCUT2D eigenvalue weighted by molar-refractivity contribution is 8.18. The average molecular weight is 473 g/mol. The first kappa shape index (κ1) is 23.4. The molecule has 0 unspecified atom stereocenters. The molecule has 0 bridgehead atoms. The molecule has 2 aromatic carbocycles. The number of nitrogens with zero attached hydrogens (tertiary/aromatic N) is 3. The van der Waals surface area contributed by atoms with Crippen molar-refractivity contribution >= 4 is 46.3 Å². The predicted molar refractivity (Wildman–Crippen MR) is 116 cm³/mol. The van der Waals surface area contributed by atoms with Crippen LogP contribution >= 0.6 is 11.8 Å². The summed E-state index contributed by atoms with van der Waals surface area (Å²) in [5.74, 6) is -1.98. The average Bonchev–Trinajstić information content (AvgIpc) is 3.01. The van der Waals surface area contributed by atoms with Crippen molar-refractivity contribution < 1.29 is 33.7 Å². The fourth-order valence-electron chi connectivity index (χ4n) is 2.99. The van der Waals surface area contributed by atoms with E-state index >= 15 is 0 Å². The first-order valence-corrected chi connectivity index (χ1v) is 9.96. The van der Waals surface area contributed by atoms with Crippen molar-refractivity contribution in [3.63, 3.8) is 0 Å². The molecule has 12 nitrogen and oxygen atoms in total. The van der Waals surface area contributed by atoms with Crippen LogP contribution in [0.1, 0.15) is 18.1 Å². The van der Waals surface area contributed by atoms with Crippen LogP contribution in [-0.2, 0) is 16.1 Å². The lowest BCUT2D eigenvalue weighted by atomic mass is 10.1. The lowest BCUT2D eigenvalue weighted by Gasteiger charge is -2.12.